The number of nitrogens with zero attached hydrogens (tertiary/aromatic N) is 2. The lowest BCUT2D eigenvalue weighted by molar-refractivity contribution is -0.147. The third-order valence-electron chi connectivity index (χ3n) is 4.26. The van der Waals surface area contributed by atoms with Crippen molar-refractivity contribution in [3.63, 3.8) is 0 Å². The van der Waals surface area contributed by atoms with Crippen LogP contribution in [0.15, 0.2) is 59.5 Å². The van der Waals surface area contributed by atoms with Crippen molar-refractivity contribution in [2.45, 2.75) is 31.7 Å². The van der Waals surface area contributed by atoms with Gasteiger partial charge in [-0.25, -0.2) is 8.42 Å². The summed E-state index contributed by atoms with van der Waals surface area (Å²) in [6.07, 6.45) is 0. The molecule has 0 N–H and O–H groups in total. The van der Waals surface area contributed by atoms with E-state index in [1.807, 2.05) is 39.0 Å². The van der Waals surface area contributed by atoms with Gasteiger partial charge < -0.3 is 9.64 Å². The normalized spacial score (nSPS) is 11.5. The monoisotopic (exact) mass is 418 g/mol. The average molecular weight is 419 g/mol. The number of anilines is 1. The summed E-state index contributed by atoms with van der Waals surface area (Å²) in [4.78, 5) is 26.3. The van der Waals surface area contributed by atoms with E-state index in [4.69, 9.17) is 4.74 Å². The SMILES string of the molecule is Cc1ccc(S(=O)(=O)N(C)CC(=O)OCC(=O)N(c2ccccc2)C(C)C)cc1. The molecule has 1 amide bonds. The number of rotatable bonds is 8. The largest absolute Gasteiger partial charge is 0.455 e. The summed E-state index contributed by atoms with van der Waals surface area (Å²) < 4.78 is 31.0. The zero-order chi connectivity index (χ0) is 21.6. The van der Waals surface area contributed by atoms with Crippen LogP contribution in [0.1, 0.15) is 19.4 Å². The maximum atomic E-state index is 12.5. The van der Waals surface area contributed by atoms with E-state index < -0.39 is 29.1 Å². The zero-order valence-corrected chi connectivity index (χ0v) is 17.8. The molecule has 0 fully saturated rings. The summed E-state index contributed by atoms with van der Waals surface area (Å²) in [5, 5.41) is 0. The maximum Gasteiger partial charge on any atom is 0.321 e. The van der Waals surface area contributed by atoms with Crippen molar-refractivity contribution >= 4 is 27.6 Å². The molecule has 0 aliphatic rings. The molecule has 2 aromatic carbocycles. The van der Waals surface area contributed by atoms with Gasteiger partial charge in [-0.2, -0.15) is 4.31 Å². The first-order valence-corrected chi connectivity index (χ1v) is 10.6. The number of para-hydroxylation sites is 1. The number of aryl methyl sites for hydroxylation is 1. The van der Waals surface area contributed by atoms with Crippen LogP contribution in [0.3, 0.4) is 0 Å². The average Bonchev–Trinajstić information content (AvgIpc) is 2.67. The van der Waals surface area contributed by atoms with Gasteiger partial charge in [-0.1, -0.05) is 35.9 Å². The van der Waals surface area contributed by atoms with Crippen molar-refractivity contribution in [3.8, 4) is 0 Å². The lowest BCUT2D eigenvalue weighted by Gasteiger charge is -2.26. The number of ether oxygens (including phenoxy) is 1. The van der Waals surface area contributed by atoms with E-state index in [-0.39, 0.29) is 16.8 Å². The molecule has 0 aromatic heterocycles. The van der Waals surface area contributed by atoms with Gasteiger partial charge in [-0.05, 0) is 45.0 Å². The van der Waals surface area contributed by atoms with Crippen LogP contribution in [0, 0.1) is 6.92 Å². The molecule has 0 unspecified atom stereocenters. The predicted octanol–water partition coefficient (Wildman–Crippen LogP) is 2.60. The van der Waals surface area contributed by atoms with Gasteiger partial charge >= 0.3 is 5.97 Å². The van der Waals surface area contributed by atoms with E-state index in [1.165, 1.54) is 24.1 Å². The minimum absolute atomic E-state index is 0.0875. The smallest absolute Gasteiger partial charge is 0.321 e. The molecule has 0 bridgehead atoms. The Kier molecular flexibility index (Phi) is 7.53. The molecule has 0 radical (unpaired) electrons. The highest BCUT2D eigenvalue weighted by Gasteiger charge is 2.25. The molecule has 0 saturated heterocycles. The standard InChI is InChI=1S/C21H26N2O5S/c1-16(2)23(18-8-6-5-7-9-18)20(24)15-28-21(25)14-22(4)29(26,27)19-12-10-17(3)11-13-19/h5-13,16H,14-15H2,1-4H3. The van der Waals surface area contributed by atoms with E-state index in [0.29, 0.717) is 5.69 Å². The van der Waals surface area contributed by atoms with Crippen LogP contribution < -0.4 is 4.90 Å². The molecule has 0 aliphatic heterocycles. The lowest BCUT2D eigenvalue weighted by atomic mass is 10.2. The van der Waals surface area contributed by atoms with Crippen molar-refractivity contribution in [2.75, 3.05) is 25.1 Å². The van der Waals surface area contributed by atoms with Crippen molar-refractivity contribution in [2.24, 2.45) is 0 Å². The molecule has 2 aromatic rings. The van der Waals surface area contributed by atoms with E-state index in [0.717, 1.165) is 9.87 Å². The Morgan fingerprint density at radius 3 is 2.14 bits per heavy atom. The Hall–Kier alpha value is -2.71. The van der Waals surface area contributed by atoms with Crippen molar-refractivity contribution in [1.29, 1.82) is 0 Å². The van der Waals surface area contributed by atoms with Crippen molar-refractivity contribution < 1.29 is 22.7 Å². The van der Waals surface area contributed by atoms with E-state index in [1.54, 1.807) is 24.3 Å². The number of amides is 1. The molecular formula is C21H26N2O5S. The summed E-state index contributed by atoms with van der Waals surface area (Å²) in [5.41, 5.74) is 1.63. The number of benzene rings is 2. The highest BCUT2D eigenvalue weighted by atomic mass is 32.2. The van der Waals surface area contributed by atoms with Gasteiger partial charge in [0.15, 0.2) is 6.61 Å². The van der Waals surface area contributed by atoms with E-state index in [2.05, 4.69) is 0 Å². The number of carbonyl (C=O) groups is 2. The quantitative estimate of drug-likeness (QED) is 0.616. The molecule has 29 heavy (non-hydrogen) atoms. The number of hydrogen-bond donors (Lipinski definition) is 0. The van der Waals surface area contributed by atoms with Crippen LogP contribution in [-0.2, 0) is 24.3 Å². The number of sulfonamides is 1. The minimum atomic E-state index is -3.82. The second-order valence-electron chi connectivity index (χ2n) is 6.93. The number of likely N-dealkylation sites (N-methyl/N-ethyl adjacent to an activating group) is 1. The molecular weight excluding hydrogens is 392 g/mol. The van der Waals surface area contributed by atoms with Crippen LogP contribution in [0.4, 0.5) is 5.69 Å². The van der Waals surface area contributed by atoms with Gasteiger partial charge in [0.05, 0.1) is 4.90 Å². The highest BCUT2D eigenvalue weighted by Crippen LogP contribution is 2.17. The van der Waals surface area contributed by atoms with Crippen LogP contribution in [0.25, 0.3) is 0 Å². The highest BCUT2D eigenvalue weighted by molar-refractivity contribution is 7.89. The topological polar surface area (TPSA) is 84.0 Å². The Morgan fingerprint density at radius 2 is 1.59 bits per heavy atom. The third-order valence-corrected chi connectivity index (χ3v) is 6.07. The van der Waals surface area contributed by atoms with E-state index in [9.17, 15) is 18.0 Å². The molecule has 2 rings (SSSR count). The van der Waals surface area contributed by atoms with Crippen LogP contribution >= 0.6 is 0 Å². The fraction of sp³-hybridized carbons (Fsp3) is 0.333. The first kappa shape index (κ1) is 22.6. The van der Waals surface area contributed by atoms with Gasteiger partial charge in [-0.3, -0.25) is 9.59 Å². The summed E-state index contributed by atoms with van der Waals surface area (Å²) in [6.45, 7) is 4.61. The maximum absolute atomic E-state index is 12.5. The molecule has 7 nitrogen and oxygen atoms in total. The number of carbonyl (C=O) groups excluding carboxylic acids is 2. The van der Waals surface area contributed by atoms with Gasteiger partial charge in [0.1, 0.15) is 6.54 Å². The van der Waals surface area contributed by atoms with Gasteiger partial charge in [0.2, 0.25) is 10.0 Å². The van der Waals surface area contributed by atoms with Crippen LogP contribution in [0.2, 0.25) is 0 Å². The Labute approximate surface area is 171 Å². The number of esters is 1. The molecule has 156 valence electrons. The lowest BCUT2D eigenvalue weighted by Crippen LogP contribution is -2.41. The minimum Gasteiger partial charge on any atom is -0.455 e. The number of hydrogen-bond acceptors (Lipinski definition) is 5. The van der Waals surface area contributed by atoms with Gasteiger partial charge in [0.25, 0.3) is 5.91 Å². The molecule has 0 aliphatic carbocycles. The van der Waals surface area contributed by atoms with Crippen LogP contribution in [-0.4, -0.2) is 50.8 Å². The second kappa shape index (κ2) is 9.67. The van der Waals surface area contributed by atoms with Crippen LogP contribution in [0.5, 0.6) is 0 Å². The summed E-state index contributed by atoms with van der Waals surface area (Å²) >= 11 is 0. The molecule has 0 atom stereocenters. The predicted molar refractivity (Wildman–Crippen MR) is 111 cm³/mol. The van der Waals surface area contributed by atoms with Crippen molar-refractivity contribution in [1.82, 2.24) is 4.31 Å². The van der Waals surface area contributed by atoms with Gasteiger partial charge in [0, 0.05) is 18.8 Å². The Bertz CT molecular complexity index is 941. The summed E-state index contributed by atoms with van der Waals surface area (Å²) in [7, 11) is -2.53. The first-order chi connectivity index (χ1) is 13.6. The molecule has 8 heteroatoms. The molecule has 0 heterocycles. The zero-order valence-electron chi connectivity index (χ0n) is 17.0. The summed E-state index contributed by atoms with van der Waals surface area (Å²) in [5.74, 6) is -1.18. The van der Waals surface area contributed by atoms with E-state index >= 15 is 0 Å². The summed E-state index contributed by atoms with van der Waals surface area (Å²) in [6, 6.07) is 15.3. The Morgan fingerprint density at radius 1 is 1.00 bits per heavy atom. The molecule has 0 saturated carbocycles. The third kappa shape index (κ3) is 5.88. The second-order valence-corrected chi connectivity index (χ2v) is 8.97. The van der Waals surface area contributed by atoms with Crippen molar-refractivity contribution in [3.05, 3.63) is 60.2 Å². The fourth-order valence-corrected chi connectivity index (χ4v) is 3.85. The molecule has 0 spiro atoms. The first-order valence-electron chi connectivity index (χ1n) is 9.18. The fourth-order valence-electron chi connectivity index (χ4n) is 2.73. The Balaban J connectivity index is 1.97. The van der Waals surface area contributed by atoms with Gasteiger partial charge in [-0.15, -0.1) is 0 Å².